The lowest BCUT2D eigenvalue weighted by molar-refractivity contribution is -0.384. The molecular weight excluding hydrogens is 454 g/mol. The van der Waals surface area contributed by atoms with E-state index in [9.17, 15) is 19.7 Å². The number of ether oxygens (including phenoxy) is 2. The van der Waals surface area contributed by atoms with Gasteiger partial charge in [-0.3, -0.25) is 10.1 Å². The largest absolute Gasteiger partial charge is 0.462 e. The van der Waals surface area contributed by atoms with Crippen LogP contribution >= 0.6 is 35.2 Å². The fraction of sp³-hybridized carbons (Fsp3) is 0.278. The fourth-order valence-electron chi connectivity index (χ4n) is 2.44. The molecule has 2 aromatic rings. The van der Waals surface area contributed by atoms with Crippen molar-refractivity contribution in [3.8, 4) is 0 Å². The number of halogens is 1. The summed E-state index contributed by atoms with van der Waals surface area (Å²) >= 11 is 12.1. The topological polar surface area (TPSA) is 120 Å². The monoisotopic (exact) mass is 471 g/mol. The van der Waals surface area contributed by atoms with E-state index >= 15 is 0 Å². The van der Waals surface area contributed by atoms with Gasteiger partial charge in [-0.2, -0.15) is 0 Å². The quantitative estimate of drug-likeness (QED) is 0.254. The second kappa shape index (κ2) is 10.3. The average molecular weight is 472 g/mol. The summed E-state index contributed by atoms with van der Waals surface area (Å²) in [5.41, 5.74) is 0.605. The van der Waals surface area contributed by atoms with E-state index in [1.165, 1.54) is 18.2 Å². The highest BCUT2D eigenvalue weighted by Gasteiger charge is 2.27. The molecule has 30 heavy (non-hydrogen) atoms. The molecule has 1 aromatic heterocycles. The van der Waals surface area contributed by atoms with Crippen LogP contribution in [0, 0.1) is 17.0 Å². The minimum absolute atomic E-state index is 0.0121. The number of esters is 2. The van der Waals surface area contributed by atoms with E-state index in [2.05, 4.69) is 10.6 Å². The molecule has 0 fully saturated rings. The number of hydrogen-bond acceptors (Lipinski definition) is 8. The van der Waals surface area contributed by atoms with Gasteiger partial charge in [0.2, 0.25) is 0 Å². The molecule has 0 radical (unpaired) electrons. The molecule has 2 rings (SSSR count). The van der Waals surface area contributed by atoms with Crippen molar-refractivity contribution in [3.63, 3.8) is 0 Å². The fourth-order valence-corrected chi connectivity index (χ4v) is 4.00. The second-order valence-electron chi connectivity index (χ2n) is 5.70. The van der Waals surface area contributed by atoms with Gasteiger partial charge in [0.15, 0.2) is 5.11 Å². The van der Waals surface area contributed by atoms with Crippen LogP contribution in [0.1, 0.15) is 39.4 Å². The van der Waals surface area contributed by atoms with Crippen LogP contribution in [0.3, 0.4) is 0 Å². The number of nitrogens with zero attached hydrogens (tertiary/aromatic N) is 1. The number of anilines is 2. The summed E-state index contributed by atoms with van der Waals surface area (Å²) in [6, 6.07) is 4.11. The summed E-state index contributed by atoms with van der Waals surface area (Å²) in [7, 11) is 0. The molecule has 9 nitrogen and oxygen atoms in total. The van der Waals surface area contributed by atoms with Crippen molar-refractivity contribution in [2.24, 2.45) is 0 Å². The van der Waals surface area contributed by atoms with Crippen molar-refractivity contribution < 1.29 is 24.0 Å². The highest BCUT2D eigenvalue weighted by Crippen LogP contribution is 2.34. The molecule has 160 valence electrons. The SMILES string of the molecule is CCOC(=O)c1sc(NC(=S)Nc2ccc(Cl)c([N+](=O)[O-])c2)c(C(=O)OCC)c1C. The molecule has 0 bridgehead atoms. The normalized spacial score (nSPS) is 10.3. The number of benzene rings is 1. The van der Waals surface area contributed by atoms with E-state index in [-0.39, 0.29) is 44.5 Å². The smallest absolute Gasteiger partial charge is 0.348 e. The molecule has 0 aliphatic carbocycles. The van der Waals surface area contributed by atoms with Crippen LogP contribution in [0.5, 0.6) is 0 Å². The molecule has 0 saturated heterocycles. The first kappa shape index (κ1) is 23.5. The molecule has 2 N–H and O–H groups in total. The minimum Gasteiger partial charge on any atom is -0.462 e. The number of nitrogens with one attached hydrogen (secondary N) is 2. The minimum atomic E-state index is -0.616. The molecule has 0 aliphatic heterocycles. The van der Waals surface area contributed by atoms with Gasteiger partial charge in [-0.25, -0.2) is 9.59 Å². The van der Waals surface area contributed by atoms with Gasteiger partial charge in [-0.05, 0) is 50.7 Å². The summed E-state index contributed by atoms with van der Waals surface area (Å²) in [4.78, 5) is 35.3. The van der Waals surface area contributed by atoms with E-state index in [1.54, 1.807) is 20.8 Å². The summed E-state index contributed by atoms with van der Waals surface area (Å²) in [5.74, 6) is -1.18. The molecule has 0 aliphatic rings. The van der Waals surface area contributed by atoms with Gasteiger partial charge in [0.05, 0.1) is 23.7 Å². The predicted molar refractivity (Wildman–Crippen MR) is 119 cm³/mol. The third kappa shape index (κ3) is 5.43. The number of carbonyl (C=O) groups excluding carboxylic acids is 2. The molecule has 0 saturated carbocycles. The molecule has 0 spiro atoms. The first-order chi connectivity index (χ1) is 14.2. The number of carbonyl (C=O) groups is 2. The number of thiophene rings is 1. The Hall–Kier alpha value is -2.76. The van der Waals surface area contributed by atoms with Crippen LogP contribution in [0.25, 0.3) is 0 Å². The van der Waals surface area contributed by atoms with Crippen LogP contribution in [-0.4, -0.2) is 35.2 Å². The van der Waals surface area contributed by atoms with Gasteiger partial charge in [0.25, 0.3) is 5.69 Å². The van der Waals surface area contributed by atoms with Crippen molar-refractivity contribution in [3.05, 3.63) is 49.3 Å². The number of thiocarbonyl (C=S) groups is 1. The Kier molecular flexibility index (Phi) is 8.09. The first-order valence-electron chi connectivity index (χ1n) is 8.69. The molecule has 0 atom stereocenters. The number of nitro benzene ring substituents is 1. The lowest BCUT2D eigenvalue weighted by atomic mass is 10.1. The summed E-state index contributed by atoms with van der Waals surface area (Å²) in [6.07, 6.45) is 0. The standard InChI is InChI=1S/C18H18ClN3O6S2/c1-4-27-16(23)13-9(3)14(17(24)28-5-2)30-15(13)21-18(29)20-10-6-7-11(19)12(8-10)22(25)26/h6-8H,4-5H2,1-3H3,(H2,20,21,29). The Labute approximate surface area is 186 Å². The third-order valence-electron chi connectivity index (χ3n) is 3.71. The zero-order valence-electron chi connectivity index (χ0n) is 16.2. The van der Waals surface area contributed by atoms with Crippen molar-refractivity contribution in [2.45, 2.75) is 20.8 Å². The molecular formula is C18H18ClN3O6S2. The third-order valence-corrected chi connectivity index (χ3v) is 5.43. The molecule has 1 heterocycles. The van der Waals surface area contributed by atoms with E-state index in [1.807, 2.05) is 0 Å². The van der Waals surface area contributed by atoms with Gasteiger partial charge in [0, 0.05) is 11.8 Å². The van der Waals surface area contributed by atoms with Gasteiger partial charge < -0.3 is 20.1 Å². The molecule has 0 unspecified atom stereocenters. The average Bonchev–Trinajstić information content (AvgIpc) is 2.99. The van der Waals surface area contributed by atoms with Crippen molar-refractivity contribution in [1.82, 2.24) is 0 Å². The first-order valence-corrected chi connectivity index (χ1v) is 10.3. The van der Waals surface area contributed by atoms with Gasteiger partial charge >= 0.3 is 11.9 Å². The van der Waals surface area contributed by atoms with Crippen molar-refractivity contribution in [1.29, 1.82) is 0 Å². The Morgan fingerprint density at radius 2 is 1.83 bits per heavy atom. The second-order valence-corrected chi connectivity index (χ2v) is 7.54. The molecule has 12 heteroatoms. The summed E-state index contributed by atoms with van der Waals surface area (Å²) in [6.45, 7) is 5.29. The predicted octanol–water partition coefficient (Wildman–Crippen LogP) is 4.78. The highest BCUT2D eigenvalue weighted by molar-refractivity contribution is 7.80. The van der Waals surface area contributed by atoms with Crippen LogP contribution in [-0.2, 0) is 9.47 Å². The summed E-state index contributed by atoms with van der Waals surface area (Å²) in [5, 5.41) is 17.0. The van der Waals surface area contributed by atoms with E-state index < -0.39 is 16.9 Å². The Balaban J connectivity index is 2.32. The molecule has 1 aromatic carbocycles. The van der Waals surface area contributed by atoms with E-state index in [0.29, 0.717) is 11.3 Å². The lowest BCUT2D eigenvalue weighted by Crippen LogP contribution is -2.20. The number of hydrogen-bond donors (Lipinski definition) is 2. The zero-order chi connectivity index (χ0) is 22.4. The van der Waals surface area contributed by atoms with Crippen molar-refractivity contribution >= 4 is 68.6 Å². The zero-order valence-corrected chi connectivity index (χ0v) is 18.6. The summed E-state index contributed by atoms with van der Waals surface area (Å²) < 4.78 is 10.1. The number of rotatable bonds is 7. The van der Waals surface area contributed by atoms with Crippen LogP contribution in [0.15, 0.2) is 18.2 Å². The molecule has 0 amide bonds. The van der Waals surface area contributed by atoms with Crippen LogP contribution in [0.2, 0.25) is 5.02 Å². The Morgan fingerprint density at radius 1 is 1.20 bits per heavy atom. The van der Waals surface area contributed by atoms with Gasteiger partial charge in [0.1, 0.15) is 14.9 Å². The maximum atomic E-state index is 12.4. The van der Waals surface area contributed by atoms with Crippen molar-refractivity contribution in [2.75, 3.05) is 23.8 Å². The maximum absolute atomic E-state index is 12.4. The van der Waals surface area contributed by atoms with Gasteiger partial charge in [-0.15, -0.1) is 11.3 Å². The Morgan fingerprint density at radius 3 is 2.43 bits per heavy atom. The number of nitro groups is 1. The van der Waals surface area contributed by atoms with Gasteiger partial charge in [-0.1, -0.05) is 11.6 Å². The lowest BCUT2D eigenvalue weighted by Gasteiger charge is -2.11. The Bertz CT molecular complexity index is 1010. The van der Waals surface area contributed by atoms with E-state index in [0.717, 1.165) is 11.3 Å². The maximum Gasteiger partial charge on any atom is 0.348 e. The van der Waals surface area contributed by atoms with Crippen LogP contribution in [0.4, 0.5) is 16.4 Å². The van der Waals surface area contributed by atoms with E-state index in [4.69, 9.17) is 33.3 Å². The highest BCUT2D eigenvalue weighted by atomic mass is 35.5. The van der Waals surface area contributed by atoms with Crippen LogP contribution < -0.4 is 10.6 Å².